The van der Waals surface area contributed by atoms with Crippen molar-refractivity contribution in [1.82, 2.24) is 15.7 Å². The highest BCUT2D eigenvalue weighted by Crippen LogP contribution is 2.30. The highest BCUT2D eigenvalue weighted by molar-refractivity contribution is 6.01. The van der Waals surface area contributed by atoms with E-state index in [9.17, 15) is 19.5 Å². The van der Waals surface area contributed by atoms with Crippen LogP contribution in [0.2, 0.25) is 0 Å². The molecule has 3 amide bonds. The van der Waals surface area contributed by atoms with E-state index in [0.29, 0.717) is 25.2 Å². The zero-order chi connectivity index (χ0) is 28.1. The Balaban J connectivity index is 1.58. The van der Waals surface area contributed by atoms with Gasteiger partial charge in [0.25, 0.3) is 11.8 Å². The summed E-state index contributed by atoms with van der Waals surface area (Å²) in [5.41, 5.74) is 3.64. The lowest BCUT2D eigenvalue weighted by Crippen LogP contribution is -2.38. The van der Waals surface area contributed by atoms with E-state index >= 15 is 0 Å². The van der Waals surface area contributed by atoms with Crippen molar-refractivity contribution in [3.05, 3.63) is 64.7 Å². The van der Waals surface area contributed by atoms with Crippen LogP contribution in [0.4, 0.5) is 4.79 Å². The minimum atomic E-state index is -0.619. The molecule has 0 unspecified atom stereocenters. The number of carbonyl (C=O) groups is 3. The van der Waals surface area contributed by atoms with Gasteiger partial charge < -0.3 is 20.1 Å². The Kier molecular flexibility index (Phi) is 9.04. The lowest BCUT2D eigenvalue weighted by molar-refractivity contribution is -0.0590. The lowest BCUT2D eigenvalue weighted by Gasteiger charge is -2.32. The quantitative estimate of drug-likeness (QED) is 0.462. The summed E-state index contributed by atoms with van der Waals surface area (Å²) < 4.78 is 5.30. The van der Waals surface area contributed by atoms with Crippen LogP contribution in [0.15, 0.2) is 42.5 Å². The molecule has 3 N–H and O–H groups in total. The maximum Gasteiger partial charge on any atom is 0.407 e. The number of hydrogen-bond acceptors (Lipinski definition) is 6. The molecular weight excluding hydrogens is 486 g/mol. The molecule has 3 rings (SSSR count). The van der Waals surface area contributed by atoms with Gasteiger partial charge in [0.2, 0.25) is 0 Å². The van der Waals surface area contributed by atoms with Crippen LogP contribution in [-0.4, -0.2) is 52.2 Å². The number of phenolic OH excluding ortho intramolecular Hbond substituents is 1. The number of nitrogens with zero attached hydrogens (tertiary/aromatic N) is 1. The number of nitrogens with one attached hydrogen (secondary N) is 2. The number of phenols is 1. The first-order valence-electron chi connectivity index (χ1n) is 12.9. The summed E-state index contributed by atoms with van der Waals surface area (Å²) in [4.78, 5) is 44.7. The molecule has 0 radical (unpaired) electrons. The summed E-state index contributed by atoms with van der Waals surface area (Å²) >= 11 is 0. The second kappa shape index (κ2) is 11.9. The maximum absolute atomic E-state index is 13.2. The normalized spacial score (nSPS) is 14.6. The van der Waals surface area contributed by atoms with Gasteiger partial charge in [0.05, 0.1) is 11.2 Å². The number of hydroxylamine groups is 1. The fraction of sp³-hybridized carbons (Fsp3) is 0.483. The van der Waals surface area contributed by atoms with E-state index < -0.39 is 23.2 Å². The standard InChI is InChI=1S/C29H39N3O6/c1-28(2,3)37-27(36)30-18-19-8-7-9-21(16-19)20-12-14-32(15-13-20)26(35)22-10-11-24(33)23(17-22)25(34)31-38-29(4,5)6/h7-11,16-17,20,33H,12-15,18H2,1-6H3,(H,30,36)(H,31,34). The van der Waals surface area contributed by atoms with Crippen LogP contribution in [0.5, 0.6) is 5.75 Å². The van der Waals surface area contributed by atoms with Crippen molar-refractivity contribution in [2.24, 2.45) is 0 Å². The number of hydrogen-bond donors (Lipinski definition) is 3. The Bertz CT molecular complexity index is 1160. The molecule has 38 heavy (non-hydrogen) atoms. The molecule has 1 fully saturated rings. The Morgan fingerprint density at radius 3 is 2.29 bits per heavy atom. The number of likely N-dealkylation sites (tertiary alicyclic amines) is 1. The Labute approximate surface area is 224 Å². The van der Waals surface area contributed by atoms with Gasteiger partial charge in [-0.3, -0.25) is 14.4 Å². The fourth-order valence-corrected chi connectivity index (χ4v) is 4.15. The molecule has 9 nitrogen and oxygen atoms in total. The van der Waals surface area contributed by atoms with Gasteiger partial charge in [-0.05, 0) is 89.6 Å². The van der Waals surface area contributed by atoms with Gasteiger partial charge in [0, 0.05) is 25.2 Å². The molecule has 0 aromatic heterocycles. The van der Waals surface area contributed by atoms with Crippen LogP contribution in [0, 0.1) is 0 Å². The Morgan fingerprint density at radius 1 is 0.974 bits per heavy atom. The molecule has 1 aliphatic rings. The van der Waals surface area contributed by atoms with Crippen molar-refractivity contribution in [1.29, 1.82) is 0 Å². The molecule has 0 aliphatic carbocycles. The Morgan fingerprint density at radius 2 is 1.66 bits per heavy atom. The third-order valence-electron chi connectivity index (χ3n) is 5.98. The van der Waals surface area contributed by atoms with Crippen LogP contribution >= 0.6 is 0 Å². The fourth-order valence-electron chi connectivity index (χ4n) is 4.15. The molecule has 1 aliphatic heterocycles. The van der Waals surface area contributed by atoms with Crippen molar-refractivity contribution >= 4 is 17.9 Å². The number of aromatic hydroxyl groups is 1. The van der Waals surface area contributed by atoms with Gasteiger partial charge in [0.1, 0.15) is 11.4 Å². The summed E-state index contributed by atoms with van der Waals surface area (Å²) in [6, 6.07) is 12.4. The monoisotopic (exact) mass is 525 g/mol. The van der Waals surface area contributed by atoms with Gasteiger partial charge in [-0.25, -0.2) is 10.3 Å². The number of ether oxygens (including phenoxy) is 1. The zero-order valence-corrected chi connectivity index (χ0v) is 23.1. The molecule has 1 saturated heterocycles. The summed E-state index contributed by atoms with van der Waals surface area (Å²) in [6.07, 6.45) is 1.13. The minimum absolute atomic E-state index is 0.0215. The average Bonchev–Trinajstić information content (AvgIpc) is 2.85. The molecule has 1 heterocycles. The highest BCUT2D eigenvalue weighted by Gasteiger charge is 2.26. The van der Waals surface area contributed by atoms with E-state index in [1.54, 1.807) is 25.7 Å². The van der Waals surface area contributed by atoms with Crippen molar-refractivity contribution in [3.63, 3.8) is 0 Å². The van der Waals surface area contributed by atoms with Crippen molar-refractivity contribution in [2.45, 2.75) is 78.0 Å². The van der Waals surface area contributed by atoms with E-state index in [0.717, 1.165) is 18.4 Å². The molecular formula is C29H39N3O6. The number of benzene rings is 2. The van der Waals surface area contributed by atoms with E-state index in [1.165, 1.54) is 23.8 Å². The second-order valence-corrected chi connectivity index (χ2v) is 11.5. The summed E-state index contributed by atoms with van der Waals surface area (Å²) in [5.74, 6) is -0.746. The predicted molar refractivity (Wildman–Crippen MR) is 144 cm³/mol. The van der Waals surface area contributed by atoms with Crippen molar-refractivity contribution < 1.29 is 29.1 Å². The van der Waals surface area contributed by atoms with Gasteiger partial charge in [-0.15, -0.1) is 0 Å². The molecule has 2 aromatic rings. The topological polar surface area (TPSA) is 117 Å². The van der Waals surface area contributed by atoms with Crippen LogP contribution < -0.4 is 10.8 Å². The molecule has 0 saturated carbocycles. The van der Waals surface area contributed by atoms with Gasteiger partial charge in [-0.1, -0.05) is 24.3 Å². The first-order chi connectivity index (χ1) is 17.7. The molecule has 2 aromatic carbocycles. The maximum atomic E-state index is 13.2. The Hall–Kier alpha value is -3.59. The van der Waals surface area contributed by atoms with E-state index in [2.05, 4.69) is 22.9 Å². The second-order valence-electron chi connectivity index (χ2n) is 11.5. The molecule has 206 valence electrons. The number of amides is 3. The number of rotatable bonds is 6. The summed E-state index contributed by atoms with van der Waals surface area (Å²) in [6.45, 7) is 12.3. The number of piperidine rings is 1. The third-order valence-corrected chi connectivity index (χ3v) is 5.98. The predicted octanol–water partition coefficient (Wildman–Crippen LogP) is 4.90. The zero-order valence-electron chi connectivity index (χ0n) is 23.1. The van der Waals surface area contributed by atoms with Crippen LogP contribution in [0.1, 0.15) is 92.1 Å². The first kappa shape index (κ1) is 29.0. The molecule has 0 spiro atoms. The van der Waals surface area contributed by atoms with Crippen LogP contribution in [0.25, 0.3) is 0 Å². The lowest BCUT2D eigenvalue weighted by atomic mass is 9.88. The molecule has 9 heteroatoms. The molecule has 0 bridgehead atoms. The van der Waals surface area contributed by atoms with Gasteiger partial charge >= 0.3 is 6.09 Å². The van der Waals surface area contributed by atoms with Gasteiger partial charge in [-0.2, -0.15) is 0 Å². The minimum Gasteiger partial charge on any atom is -0.507 e. The largest absolute Gasteiger partial charge is 0.507 e. The SMILES string of the molecule is CC(C)(C)ONC(=O)c1cc(C(=O)N2CCC(c3cccc(CNC(=O)OC(C)(C)C)c3)CC2)ccc1O. The summed E-state index contributed by atoms with van der Waals surface area (Å²) in [7, 11) is 0. The van der Waals surface area contributed by atoms with E-state index in [4.69, 9.17) is 9.57 Å². The number of alkyl carbamates (subject to hydrolysis) is 1. The first-order valence-corrected chi connectivity index (χ1v) is 12.9. The third kappa shape index (κ3) is 8.48. The molecule has 0 atom stereocenters. The smallest absolute Gasteiger partial charge is 0.407 e. The van der Waals surface area contributed by atoms with E-state index in [1.807, 2.05) is 32.9 Å². The van der Waals surface area contributed by atoms with Crippen LogP contribution in [0.3, 0.4) is 0 Å². The summed E-state index contributed by atoms with van der Waals surface area (Å²) in [5, 5.41) is 12.9. The van der Waals surface area contributed by atoms with Crippen molar-refractivity contribution in [2.75, 3.05) is 13.1 Å². The average molecular weight is 526 g/mol. The highest BCUT2D eigenvalue weighted by atomic mass is 16.7. The van der Waals surface area contributed by atoms with Gasteiger partial charge in [0.15, 0.2) is 0 Å². The van der Waals surface area contributed by atoms with Crippen LogP contribution in [-0.2, 0) is 16.1 Å². The van der Waals surface area contributed by atoms with Crippen molar-refractivity contribution in [3.8, 4) is 5.75 Å². The van der Waals surface area contributed by atoms with E-state index in [-0.39, 0.29) is 23.1 Å². The number of carbonyl (C=O) groups excluding carboxylic acids is 3.